The van der Waals surface area contributed by atoms with Gasteiger partial charge in [0.1, 0.15) is 17.3 Å². The molecule has 38 heavy (non-hydrogen) atoms. The summed E-state index contributed by atoms with van der Waals surface area (Å²) in [6.45, 7) is 8.56. The van der Waals surface area contributed by atoms with E-state index in [0.717, 1.165) is 0 Å². The Kier molecular flexibility index (Phi) is 6.01. The van der Waals surface area contributed by atoms with E-state index in [1.165, 1.54) is 6.08 Å². The zero-order valence-corrected chi connectivity index (χ0v) is 23.2. The molecule has 0 aromatic heterocycles. The van der Waals surface area contributed by atoms with Crippen LogP contribution in [0.4, 0.5) is 0 Å². The van der Waals surface area contributed by atoms with Crippen LogP contribution < -0.4 is 0 Å². The number of esters is 1. The number of ether oxygens (including phenoxy) is 1. The molecular weight excluding hydrogens is 492 g/mol. The van der Waals surface area contributed by atoms with Crippen molar-refractivity contribution in [1.82, 2.24) is 0 Å². The van der Waals surface area contributed by atoms with Crippen LogP contribution in [0.2, 0.25) is 0 Å². The van der Waals surface area contributed by atoms with Gasteiger partial charge in [-0.3, -0.25) is 9.59 Å². The Hall–Kier alpha value is -1.36. The van der Waals surface area contributed by atoms with Crippen molar-refractivity contribution in [2.45, 2.75) is 133 Å². The fourth-order valence-electron chi connectivity index (χ4n) is 9.24. The molecule has 0 radical (unpaired) electrons. The molecule has 10 atom stereocenters. The van der Waals surface area contributed by atoms with Gasteiger partial charge in [0.05, 0.1) is 29.3 Å². The number of aliphatic hydroxyl groups is 6. The zero-order valence-electron chi connectivity index (χ0n) is 23.2. The molecule has 6 N–H and O–H groups in total. The quantitative estimate of drug-likeness (QED) is 0.284. The maximum Gasteiger partial charge on any atom is 0.309 e. The van der Waals surface area contributed by atoms with E-state index in [2.05, 4.69) is 0 Å². The highest BCUT2D eigenvalue weighted by Gasteiger charge is 2.74. The summed E-state index contributed by atoms with van der Waals surface area (Å²) in [5.74, 6) is -2.02. The fraction of sp³-hybridized carbons (Fsp3) is 0.862. The fourth-order valence-corrected chi connectivity index (χ4v) is 9.24. The first-order chi connectivity index (χ1) is 17.2. The van der Waals surface area contributed by atoms with Crippen molar-refractivity contribution in [2.24, 2.45) is 22.7 Å². The molecule has 1 heterocycles. The second-order valence-electron chi connectivity index (χ2n) is 14.4. The third-order valence-corrected chi connectivity index (χ3v) is 11.6. The number of fused-ring (bicyclic) bond motifs is 6. The van der Waals surface area contributed by atoms with Crippen molar-refractivity contribution in [2.75, 3.05) is 0 Å². The van der Waals surface area contributed by atoms with Crippen LogP contribution in [0.15, 0.2) is 11.6 Å². The lowest BCUT2D eigenvalue weighted by atomic mass is 9.43. The molecule has 3 saturated carbocycles. The normalized spacial score (nSPS) is 48.7. The van der Waals surface area contributed by atoms with Crippen molar-refractivity contribution in [3.63, 3.8) is 0 Å². The molecule has 5 rings (SSSR count). The lowest BCUT2D eigenvalue weighted by molar-refractivity contribution is -0.224. The van der Waals surface area contributed by atoms with Gasteiger partial charge in [-0.2, -0.15) is 0 Å². The number of ketones is 1. The van der Waals surface area contributed by atoms with Gasteiger partial charge in [-0.1, -0.05) is 13.8 Å². The number of carbonyl (C=O) groups excluding carboxylic acids is 2. The maximum atomic E-state index is 13.6. The first-order valence-corrected chi connectivity index (χ1v) is 14.0. The van der Waals surface area contributed by atoms with Gasteiger partial charge >= 0.3 is 5.97 Å². The van der Waals surface area contributed by atoms with Crippen molar-refractivity contribution in [3.8, 4) is 0 Å². The van der Waals surface area contributed by atoms with Crippen molar-refractivity contribution >= 4 is 11.8 Å². The van der Waals surface area contributed by atoms with Crippen LogP contribution in [0.3, 0.4) is 0 Å². The first kappa shape index (κ1) is 28.2. The molecule has 214 valence electrons. The lowest BCUT2D eigenvalue weighted by Crippen LogP contribution is -2.70. The van der Waals surface area contributed by atoms with Crippen LogP contribution >= 0.6 is 0 Å². The molecule has 5 aliphatic rings. The topological polar surface area (TPSA) is 165 Å². The average molecular weight is 537 g/mol. The Morgan fingerprint density at radius 1 is 1.03 bits per heavy atom. The summed E-state index contributed by atoms with van der Waals surface area (Å²) in [4.78, 5) is 25.7. The number of hydrogen-bond donors (Lipinski definition) is 6. The number of carbonyl (C=O) groups is 2. The minimum absolute atomic E-state index is 0.00967. The van der Waals surface area contributed by atoms with Crippen LogP contribution in [0.25, 0.3) is 0 Å². The SMILES string of the molecule is CC(C)(O)CCC(O)C(C)(O)C1CCC2(O)C3=CC(=O)C4(O)CC5OC(=O)CC5(O)CC4(C)C3CCC12C. The molecule has 0 bridgehead atoms. The minimum Gasteiger partial charge on any atom is -0.459 e. The third-order valence-electron chi connectivity index (χ3n) is 11.6. The Labute approximate surface area is 223 Å². The second-order valence-corrected chi connectivity index (χ2v) is 14.4. The summed E-state index contributed by atoms with van der Waals surface area (Å²) in [7, 11) is 0. The van der Waals surface area contributed by atoms with E-state index in [9.17, 15) is 40.2 Å². The predicted molar refractivity (Wildman–Crippen MR) is 135 cm³/mol. The molecule has 1 aliphatic heterocycles. The summed E-state index contributed by atoms with van der Waals surface area (Å²) in [5, 5.41) is 68.3. The van der Waals surface area contributed by atoms with E-state index in [0.29, 0.717) is 31.3 Å². The first-order valence-electron chi connectivity index (χ1n) is 14.0. The molecule has 0 spiro atoms. The number of rotatable bonds is 5. The summed E-state index contributed by atoms with van der Waals surface area (Å²) < 4.78 is 5.29. The van der Waals surface area contributed by atoms with Crippen LogP contribution in [0.5, 0.6) is 0 Å². The summed E-state index contributed by atoms with van der Waals surface area (Å²) in [5.41, 5.74) is -8.80. The maximum absolute atomic E-state index is 13.6. The smallest absolute Gasteiger partial charge is 0.309 e. The Balaban J connectivity index is 1.50. The van der Waals surface area contributed by atoms with E-state index >= 15 is 0 Å². The Bertz CT molecular complexity index is 1080. The lowest BCUT2D eigenvalue weighted by Gasteiger charge is -2.63. The Morgan fingerprint density at radius 3 is 2.32 bits per heavy atom. The monoisotopic (exact) mass is 536 g/mol. The summed E-state index contributed by atoms with van der Waals surface area (Å²) in [6.07, 6.45) is 1.06. The van der Waals surface area contributed by atoms with E-state index in [1.807, 2.05) is 6.92 Å². The molecule has 9 heteroatoms. The van der Waals surface area contributed by atoms with Gasteiger partial charge in [0.25, 0.3) is 0 Å². The Morgan fingerprint density at radius 2 is 1.68 bits per heavy atom. The van der Waals surface area contributed by atoms with Gasteiger partial charge in [-0.05, 0) is 89.2 Å². The van der Waals surface area contributed by atoms with Crippen molar-refractivity contribution < 1.29 is 45.0 Å². The van der Waals surface area contributed by atoms with Gasteiger partial charge in [0.2, 0.25) is 0 Å². The molecule has 9 nitrogen and oxygen atoms in total. The van der Waals surface area contributed by atoms with Crippen LogP contribution in [0.1, 0.15) is 92.4 Å². The van der Waals surface area contributed by atoms with Gasteiger partial charge in [0, 0.05) is 17.3 Å². The standard InChI is InChI=1S/C29H44O9/c1-23(2,33)9-8-19(30)26(5,34)18-7-11-28(36)17-12-20(31)29(37)13-21-27(35,14-22(32)38-21)15-25(29,4)16(17)6-10-24(18,28)3/h12,16,18-19,21,30,33-37H,6-11,13-15H2,1-5H3. The molecule has 0 aromatic carbocycles. The van der Waals surface area contributed by atoms with Crippen LogP contribution in [-0.4, -0.2) is 82.6 Å². The molecule has 10 unspecified atom stereocenters. The second kappa shape index (κ2) is 8.10. The molecule has 4 fully saturated rings. The van der Waals surface area contributed by atoms with E-state index in [4.69, 9.17) is 4.74 Å². The van der Waals surface area contributed by atoms with E-state index in [1.54, 1.807) is 27.7 Å². The highest BCUT2D eigenvalue weighted by Crippen LogP contribution is 2.70. The highest BCUT2D eigenvalue weighted by molar-refractivity contribution is 6.00. The van der Waals surface area contributed by atoms with Crippen LogP contribution in [-0.2, 0) is 14.3 Å². The summed E-state index contributed by atoms with van der Waals surface area (Å²) >= 11 is 0. The average Bonchev–Trinajstić information content (AvgIpc) is 3.22. The number of hydrogen-bond acceptors (Lipinski definition) is 9. The van der Waals surface area contributed by atoms with Crippen LogP contribution in [0, 0.1) is 22.7 Å². The van der Waals surface area contributed by atoms with Crippen molar-refractivity contribution in [1.29, 1.82) is 0 Å². The highest BCUT2D eigenvalue weighted by atomic mass is 16.6. The molecule has 0 amide bonds. The van der Waals surface area contributed by atoms with Gasteiger partial charge in [-0.25, -0.2) is 0 Å². The molecular formula is C29H44O9. The predicted octanol–water partition coefficient (Wildman–Crippen LogP) is 1.29. The molecule has 1 saturated heterocycles. The largest absolute Gasteiger partial charge is 0.459 e. The van der Waals surface area contributed by atoms with Gasteiger partial charge < -0.3 is 35.4 Å². The number of aliphatic hydroxyl groups excluding tert-OH is 1. The van der Waals surface area contributed by atoms with E-state index < -0.39 is 74.6 Å². The van der Waals surface area contributed by atoms with Gasteiger partial charge in [0.15, 0.2) is 5.78 Å². The third kappa shape index (κ3) is 3.58. The van der Waals surface area contributed by atoms with Crippen molar-refractivity contribution in [3.05, 3.63) is 11.6 Å². The molecule has 4 aliphatic carbocycles. The molecule has 0 aromatic rings. The van der Waals surface area contributed by atoms with Gasteiger partial charge in [-0.15, -0.1) is 0 Å². The van der Waals surface area contributed by atoms with E-state index in [-0.39, 0.29) is 32.1 Å². The minimum atomic E-state index is -1.84. The summed E-state index contributed by atoms with van der Waals surface area (Å²) in [6, 6.07) is 0. The zero-order chi connectivity index (χ0) is 28.3.